The van der Waals surface area contributed by atoms with Gasteiger partial charge < -0.3 is 19.7 Å². The molecule has 0 fully saturated rings. The van der Waals surface area contributed by atoms with Crippen molar-refractivity contribution in [3.05, 3.63) is 58.3 Å². The molecule has 0 amide bonds. The number of benzene rings is 1. The van der Waals surface area contributed by atoms with Gasteiger partial charge >= 0.3 is 0 Å². The van der Waals surface area contributed by atoms with Crippen molar-refractivity contribution in [2.45, 2.75) is 6.54 Å². The average Bonchev–Trinajstić information content (AvgIpc) is 3.12. The fraction of sp³-hybridized carbons (Fsp3) is 0.167. The number of hydrogen-bond acceptors (Lipinski definition) is 6. The van der Waals surface area contributed by atoms with Crippen LogP contribution in [0.15, 0.2) is 41.5 Å². The minimum atomic E-state index is -0.225. The first-order valence-electron chi connectivity index (χ1n) is 7.85. The second-order valence-electron chi connectivity index (χ2n) is 5.66. The van der Waals surface area contributed by atoms with Crippen molar-refractivity contribution in [1.82, 2.24) is 14.5 Å². The molecule has 8 heteroatoms. The van der Waals surface area contributed by atoms with Crippen molar-refractivity contribution in [2.75, 3.05) is 19.0 Å². The molecular weight excluding hydrogens is 356 g/mol. The van der Waals surface area contributed by atoms with Crippen molar-refractivity contribution in [3.8, 4) is 17.0 Å². The largest absolute Gasteiger partial charge is 0.507 e. The Labute approximate surface area is 155 Å². The lowest BCUT2D eigenvalue weighted by Gasteiger charge is -2.17. The summed E-state index contributed by atoms with van der Waals surface area (Å²) in [5.74, 6) is 1.65. The van der Waals surface area contributed by atoms with E-state index in [4.69, 9.17) is 4.74 Å². The number of aromatic nitrogens is 3. The van der Waals surface area contributed by atoms with Gasteiger partial charge in [0.2, 0.25) is 5.43 Å². The van der Waals surface area contributed by atoms with E-state index in [1.54, 1.807) is 36.7 Å². The Hall–Kier alpha value is -3.06. The van der Waals surface area contributed by atoms with E-state index in [0.717, 1.165) is 17.9 Å². The Morgan fingerprint density at radius 1 is 1.38 bits per heavy atom. The Balaban J connectivity index is 0.00000196. The molecule has 4 rings (SSSR count). The maximum Gasteiger partial charge on any atom is 0.222 e. The van der Waals surface area contributed by atoms with Gasteiger partial charge in [0.05, 0.1) is 7.11 Å². The quantitative estimate of drug-likeness (QED) is 0.687. The lowest BCUT2D eigenvalue weighted by atomic mass is 10.1. The number of hydrogen-bond donors (Lipinski definition) is 2. The van der Waals surface area contributed by atoms with Crippen LogP contribution in [0.5, 0.6) is 5.75 Å². The summed E-state index contributed by atoms with van der Waals surface area (Å²) in [6.45, 7) is 1.46. The van der Waals surface area contributed by atoms with Gasteiger partial charge in [0, 0.05) is 42.7 Å². The molecule has 2 aliphatic heterocycles. The molecule has 0 saturated carbocycles. The highest BCUT2D eigenvalue weighted by molar-refractivity contribution is 5.85. The first-order valence-corrected chi connectivity index (χ1v) is 7.85. The number of aliphatic hydroxyl groups is 1. The van der Waals surface area contributed by atoms with E-state index >= 15 is 0 Å². The first-order chi connectivity index (χ1) is 12.2. The third kappa shape index (κ3) is 2.86. The number of fused-ring (bicyclic) bond motifs is 3. The number of anilines is 1. The zero-order valence-corrected chi connectivity index (χ0v) is 14.8. The monoisotopic (exact) mass is 372 g/mol. The summed E-state index contributed by atoms with van der Waals surface area (Å²) in [5.41, 5.74) is 1.65. The lowest BCUT2D eigenvalue weighted by molar-refractivity contribution is 0.411. The van der Waals surface area contributed by atoms with Crippen LogP contribution in [0.25, 0.3) is 23.1 Å². The molecule has 3 heterocycles. The minimum absolute atomic E-state index is 0. The number of ether oxygens (including phenoxy) is 1. The van der Waals surface area contributed by atoms with Crippen molar-refractivity contribution in [2.24, 2.45) is 0 Å². The van der Waals surface area contributed by atoms with Crippen molar-refractivity contribution in [3.63, 3.8) is 0 Å². The normalized spacial score (nSPS) is 13.0. The van der Waals surface area contributed by atoms with E-state index in [-0.39, 0.29) is 29.3 Å². The van der Waals surface area contributed by atoms with Crippen LogP contribution in [0.3, 0.4) is 0 Å². The molecule has 0 spiro atoms. The van der Waals surface area contributed by atoms with Gasteiger partial charge in [-0.2, -0.15) is 0 Å². The van der Waals surface area contributed by atoms with Crippen LogP contribution in [0.2, 0.25) is 0 Å². The third-order valence-corrected chi connectivity index (χ3v) is 4.18. The van der Waals surface area contributed by atoms with Gasteiger partial charge in [-0.3, -0.25) is 9.78 Å². The number of nitrogens with zero attached hydrogens (tertiary/aromatic N) is 3. The summed E-state index contributed by atoms with van der Waals surface area (Å²) in [5, 5.41) is 13.7. The first kappa shape index (κ1) is 17.8. The number of pyridine rings is 1. The summed E-state index contributed by atoms with van der Waals surface area (Å²) < 4.78 is 7.23. The number of aliphatic hydroxyl groups excluding tert-OH is 1. The molecule has 3 aliphatic rings. The van der Waals surface area contributed by atoms with E-state index in [1.165, 1.54) is 13.2 Å². The highest BCUT2D eigenvalue weighted by Gasteiger charge is 2.24. The molecule has 2 N–H and O–H groups in total. The minimum Gasteiger partial charge on any atom is -0.507 e. The van der Waals surface area contributed by atoms with Gasteiger partial charge in [-0.1, -0.05) is 0 Å². The summed E-state index contributed by atoms with van der Waals surface area (Å²) >= 11 is 0. The second kappa shape index (κ2) is 7.05. The smallest absolute Gasteiger partial charge is 0.222 e. The summed E-state index contributed by atoms with van der Waals surface area (Å²) in [6, 6.07) is 6.73. The Kier molecular flexibility index (Phi) is 4.81. The maximum absolute atomic E-state index is 12.1. The summed E-state index contributed by atoms with van der Waals surface area (Å²) in [7, 11) is 1.45. The molecule has 7 nitrogen and oxygen atoms in total. The molecule has 1 aromatic rings. The fourth-order valence-corrected chi connectivity index (χ4v) is 3.02. The molecule has 134 valence electrons. The number of nitrogens with one attached hydrogen (secondary N) is 1. The van der Waals surface area contributed by atoms with Crippen LogP contribution in [-0.4, -0.2) is 33.3 Å². The SMILES string of the molecule is COc1c2nc(/C=C(\O)c3cccnc3)n3c(c-2ccc1=O)NCC3.Cl. The van der Waals surface area contributed by atoms with Crippen LogP contribution in [-0.2, 0) is 6.54 Å². The average molecular weight is 373 g/mol. The van der Waals surface area contributed by atoms with E-state index in [2.05, 4.69) is 15.3 Å². The van der Waals surface area contributed by atoms with Crippen molar-refractivity contribution < 1.29 is 9.84 Å². The van der Waals surface area contributed by atoms with E-state index in [1.807, 2.05) is 4.57 Å². The van der Waals surface area contributed by atoms with E-state index < -0.39 is 0 Å². The molecule has 0 radical (unpaired) electrons. The van der Waals surface area contributed by atoms with Gasteiger partial charge in [0.1, 0.15) is 23.1 Å². The second-order valence-corrected chi connectivity index (χ2v) is 5.66. The molecule has 0 saturated heterocycles. The Morgan fingerprint density at radius 3 is 2.96 bits per heavy atom. The van der Waals surface area contributed by atoms with Gasteiger partial charge in [-0.05, 0) is 24.3 Å². The van der Waals surface area contributed by atoms with Crippen LogP contribution < -0.4 is 15.5 Å². The molecule has 1 aromatic heterocycles. The molecule has 1 aliphatic carbocycles. The number of rotatable bonds is 3. The molecule has 0 unspecified atom stereocenters. The van der Waals surface area contributed by atoms with Gasteiger partial charge in [0.25, 0.3) is 0 Å². The van der Waals surface area contributed by atoms with E-state index in [0.29, 0.717) is 23.6 Å². The highest BCUT2D eigenvalue weighted by atomic mass is 35.5. The van der Waals surface area contributed by atoms with Crippen molar-refractivity contribution >= 4 is 30.1 Å². The molecule has 0 bridgehead atoms. The standard InChI is InChI=1S/C18H16N4O3.ClH/c1-25-17-13(23)5-4-12-16(17)21-15(22-8-7-20-18(12)22)9-14(24)11-3-2-6-19-10-11;/h2-6,9-10,20,24H,7-8H2,1H3;1H/b14-9-;. The lowest BCUT2D eigenvalue weighted by Crippen LogP contribution is -2.12. The zero-order valence-electron chi connectivity index (χ0n) is 14.0. The summed E-state index contributed by atoms with van der Waals surface area (Å²) in [6.07, 6.45) is 4.79. The van der Waals surface area contributed by atoms with Gasteiger partial charge in [-0.25, -0.2) is 4.98 Å². The predicted octanol–water partition coefficient (Wildman–Crippen LogP) is 2.66. The van der Waals surface area contributed by atoms with E-state index in [9.17, 15) is 9.90 Å². The van der Waals surface area contributed by atoms with Gasteiger partial charge in [0.15, 0.2) is 5.75 Å². The summed E-state index contributed by atoms with van der Waals surface area (Å²) in [4.78, 5) is 20.6. The molecule has 0 atom stereocenters. The molecular formula is C18H17ClN4O3. The zero-order chi connectivity index (χ0) is 17.4. The topological polar surface area (TPSA) is 89.3 Å². The molecule has 0 aromatic carbocycles. The molecule has 26 heavy (non-hydrogen) atoms. The Morgan fingerprint density at radius 2 is 2.23 bits per heavy atom. The third-order valence-electron chi connectivity index (χ3n) is 4.18. The van der Waals surface area contributed by atoms with Crippen LogP contribution in [0.4, 0.5) is 5.82 Å². The number of methoxy groups -OCH3 is 1. The predicted molar refractivity (Wildman–Crippen MR) is 102 cm³/mol. The Bertz CT molecular complexity index is 1000. The number of halogens is 1. The van der Waals surface area contributed by atoms with Crippen LogP contribution >= 0.6 is 12.4 Å². The van der Waals surface area contributed by atoms with Crippen molar-refractivity contribution in [1.29, 1.82) is 0 Å². The van der Waals surface area contributed by atoms with Gasteiger partial charge in [-0.15, -0.1) is 12.4 Å². The highest BCUT2D eigenvalue weighted by Crippen LogP contribution is 2.36. The maximum atomic E-state index is 12.1. The van der Waals surface area contributed by atoms with Crippen LogP contribution in [0.1, 0.15) is 11.4 Å². The van der Waals surface area contributed by atoms with Crippen LogP contribution in [0, 0.1) is 0 Å². The fourth-order valence-electron chi connectivity index (χ4n) is 3.02.